The zero-order chi connectivity index (χ0) is 18.0. The lowest BCUT2D eigenvalue weighted by atomic mass is 10.2. The Morgan fingerprint density at radius 1 is 1.28 bits per heavy atom. The molecule has 0 unspecified atom stereocenters. The Labute approximate surface area is 150 Å². The lowest BCUT2D eigenvalue weighted by Crippen LogP contribution is -2.51. The molecule has 0 saturated carbocycles. The second-order valence-electron chi connectivity index (χ2n) is 5.87. The molecular weight excluding hydrogens is 344 g/mol. The van der Waals surface area contributed by atoms with E-state index in [0.29, 0.717) is 42.6 Å². The summed E-state index contributed by atoms with van der Waals surface area (Å²) >= 11 is 5.86. The van der Waals surface area contributed by atoms with Gasteiger partial charge in [0.25, 0.3) is 5.91 Å². The van der Waals surface area contributed by atoms with Crippen LogP contribution in [0.3, 0.4) is 0 Å². The number of aromatic nitrogens is 3. The van der Waals surface area contributed by atoms with Crippen molar-refractivity contribution in [2.24, 2.45) is 5.73 Å². The number of pyridine rings is 1. The summed E-state index contributed by atoms with van der Waals surface area (Å²) in [6.07, 6.45) is 4.77. The van der Waals surface area contributed by atoms with E-state index >= 15 is 0 Å². The number of nitrogens with zero attached hydrogens (tertiary/aromatic N) is 5. The van der Waals surface area contributed by atoms with Gasteiger partial charge >= 0.3 is 0 Å². The molecule has 0 spiro atoms. The fourth-order valence-corrected chi connectivity index (χ4v) is 3.03. The molecule has 132 valence electrons. The van der Waals surface area contributed by atoms with E-state index < -0.39 is 11.9 Å². The van der Waals surface area contributed by atoms with Crippen LogP contribution in [0.15, 0.2) is 30.7 Å². The minimum atomic E-state index is -0.509. The first-order valence-electron chi connectivity index (χ1n) is 7.95. The van der Waals surface area contributed by atoms with E-state index in [1.807, 2.05) is 4.90 Å². The van der Waals surface area contributed by atoms with Crippen LogP contribution in [0.4, 0.5) is 5.82 Å². The number of carbonyl (C=O) groups is 2. The lowest BCUT2D eigenvalue weighted by molar-refractivity contribution is -0.134. The Balaban J connectivity index is 1.66. The topological polar surface area (TPSA) is 97.4 Å². The summed E-state index contributed by atoms with van der Waals surface area (Å²) in [7, 11) is 0. The van der Waals surface area contributed by atoms with Gasteiger partial charge in [-0.25, -0.2) is 4.98 Å². The number of rotatable bonds is 4. The van der Waals surface area contributed by atoms with Gasteiger partial charge in [0.2, 0.25) is 5.91 Å². The molecule has 3 rings (SSSR count). The first-order valence-corrected chi connectivity index (χ1v) is 8.33. The maximum Gasteiger partial charge on any atom is 0.252 e. The minimum absolute atomic E-state index is 0.0180. The molecule has 1 saturated heterocycles. The molecule has 25 heavy (non-hydrogen) atoms. The van der Waals surface area contributed by atoms with Crippen molar-refractivity contribution in [1.82, 2.24) is 19.7 Å². The fraction of sp³-hybridized carbons (Fsp3) is 0.375. The number of piperazine rings is 1. The molecule has 9 heteroatoms. The van der Waals surface area contributed by atoms with Crippen molar-refractivity contribution in [3.63, 3.8) is 0 Å². The normalized spacial score (nSPS) is 15.9. The van der Waals surface area contributed by atoms with Gasteiger partial charge in [-0.3, -0.25) is 14.3 Å². The third-order valence-corrected chi connectivity index (χ3v) is 4.46. The van der Waals surface area contributed by atoms with Gasteiger partial charge in [0, 0.05) is 38.6 Å². The molecule has 2 aromatic rings. The Morgan fingerprint density at radius 2 is 2.00 bits per heavy atom. The third kappa shape index (κ3) is 3.58. The van der Waals surface area contributed by atoms with E-state index in [1.54, 1.807) is 41.0 Å². The first kappa shape index (κ1) is 17.2. The average molecular weight is 363 g/mol. The molecule has 0 radical (unpaired) electrons. The molecule has 0 bridgehead atoms. The monoisotopic (exact) mass is 362 g/mol. The summed E-state index contributed by atoms with van der Waals surface area (Å²) in [5.41, 5.74) is 5.80. The summed E-state index contributed by atoms with van der Waals surface area (Å²) in [6.45, 7) is 4.02. The summed E-state index contributed by atoms with van der Waals surface area (Å²) < 4.78 is 1.56. The number of amides is 2. The van der Waals surface area contributed by atoms with Crippen LogP contribution in [0.5, 0.6) is 0 Å². The zero-order valence-electron chi connectivity index (χ0n) is 13.8. The third-order valence-electron chi connectivity index (χ3n) is 4.27. The second-order valence-corrected chi connectivity index (χ2v) is 6.30. The lowest BCUT2D eigenvalue weighted by Gasteiger charge is -2.37. The van der Waals surface area contributed by atoms with E-state index in [-0.39, 0.29) is 5.91 Å². The standard InChI is InChI=1S/C16H19ClN6O2/c1-11(23-10-12(17)9-20-23)16(25)22-7-5-21(6-8-22)15-13(14(18)24)3-2-4-19-15/h2-4,9-11H,5-8H2,1H3,(H2,18,24)/t11-/m1/s1. The van der Waals surface area contributed by atoms with Crippen molar-refractivity contribution < 1.29 is 9.59 Å². The molecular formula is C16H19ClN6O2. The SMILES string of the molecule is C[C@H](C(=O)N1CCN(c2ncccc2C(N)=O)CC1)n1cc(Cl)cn1. The van der Waals surface area contributed by atoms with Crippen LogP contribution >= 0.6 is 11.6 Å². The molecule has 2 aromatic heterocycles. The second kappa shape index (κ2) is 7.10. The molecule has 0 aromatic carbocycles. The van der Waals surface area contributed by atoms with Gasteiger partial charge in [-0.1, -0.05) is 11.6 Å². The quantitative estimate of drug-likeness (QED) is 0.873. The van der Waals surface area contributed by atoms with Gasteiger partial charge in [0.05, 0.1) is 16.8 Å². The average Bonchev–Trinajstić information content (AvgIpc) is 3.07. The molecule has 1 fully saturated rings. The van der Waals surface area contributed by atoms with E-state index in [2.05, 4.69) is 10.1 Å². The molecule has 1 atom stereocenters. The van der Waals surface area contributed by atoms with E-state index in [0.717, 1.165) is 0 Å². The van der Waals surface area contributed by atoms with Gasteiger partial charge < -0.3 is 15.5 Å². The molecule has 1 aliphatic heterocycles. The molecule has 2 amide bonds. The van der Waals surface area contributed by atoms with Gasteiger partial charge in [-0.2, -0.15) is 5.10 Å². The number of anilines is 1. The van der Waals surface area contributed by atoms with Crippen LogP contribution < -0.4 is 10.6 Å². The minimum Gasteiger partial charge on any atom is -0.365 e. The van der Waals surface area contributed by atoms with Crippen LogP contribution in [-0.2, 0) is 4.79 Å². The predicted octanol–water partition coefficient (Wildman–Crippen LogP) is 0.940. The summed E-state index contributed by atoms with van der Waals surface area (Å²) in [5.74, 6) is 0.0374. The predicted molar refractivity (Wildman–Crippen MR) is 93.5 cm³/mol. The van der Waals surface area contributed by atoms with Crippen LogP contribution in [-0.4, -0.2) is 57.7 Å². The maximum absolute atomic E-state index is 12.6. The van der Waals surface area contributed by atoms with Crippen LogP contribution in [0.25, 0.3) is 0 Å². The number of halogens is 1. The van der Waals surface area contributed by atoms with E-state index in [1.165, 1.54) is 6.20 Å². The zero-order valence-corrected chi connectivity index (χ0v) is 14.6. The van der Waals surface area contributed by atoms with Crippen molar-refractivity contribution in [2.75, 3.05) is 31.1 Å². The molecule has 8 nitrogen and oxygen atoms in total. The summed E-state index contributed by atoms with van der Waals surface area (Å²) in [4.78, 5) is 32.2. The highest BCUT2D eigenvalue weighted by molar-refractivity contribution is 6.30. The van der Waals surface area contributed by atoms with Crippen molar-refractivity contribution in [2.45, 2.75) is 13.0 Å². The summed E-state index contributed by atoms with van der Waals surface area (Å²) in [6, 6.07) is 2.92. The maximum atomic E-state index is 12.6. The molecule has 2 N–H and O–H groups in total. The Kier molecular flexibility index (Phi) is 4.89. The Bertz CT molecular complexity index is 784. The number of hydrogen-bond acceptors (Lipinski definition) is 5. The Hall–Kier alpha value is -2.61. The van der Waals surface area contributed by atoms with Crippen LogP contribution in [0.1, 0.15) is 23.3 Å². The largest absolute Gasteiger partial charge is 0.365 e. The van der Waals surface area contributed by atoms with Crippen molar-refractivity contribution >= 4 is 29.2 Å². The number of nitrogens with two attached hydrogens (primary N) is 1. The highest BCUT2D eigenvalue weighted by Gasteiger charge is 2.28. The molecule has 3 heterocycles. The molecule has 0 aliphatic carbocycles. The van der Waals surface area contributed by atoms with E-state index in [9.17, 15) is 9.59 Å². The van der Waals surface area contributed by atoms with Crippen molar-refractivity contribution in [3.05, 3.63) is 41.3 Å². The van der Waals surface area contributed by atoms with Gasteiger partial charge in [-0.15, -0.1) is 0 Å². The fourth-order valence-electron chi connectivity index (χ4n) is 2.88. The highest BCUT2D eigenvalue weighted by atomic mass is 35.5. The van der Waals surface area contributed by atoms with Gasteiger partial charge in [0.1, 0.15) is 11.9 Å². The van der Waals surface area contributed by atoms with Gasteiger partial charge in [0.15, 0.2) is 0 Å². The summed E-state index contributed by atoms with van der Waals surface area (Å²) in [5, 5.41) is 4.59. The first-order chi connectivity index (χ1) is 12.0. The number of primary amides is 1. The number of hydrogen-bond donors (Lipinski definition) is 1. The van der Waals surface area contributed by atoms with Crippen molar-refractivity contribution in [1.29, 1.82) is 0 Å². The van der Waals surface area contributed by atoms with Gasteiger partial charge in [-0.05, 0) is 19.1 Å². The van der Waals surface area contributed by atoms with E-state index in [4.69, 9.17) is 17.3 Å². The van der Waals surface area contributed by atoms with Crippen molar-refractivity contribution in [3.8, 4) is 0 Å². The van der Waals surface area contributed by atoms with Crippen LogP contribution in [0, 0.1) is 0 Å². The molecule has 1 aliphatic rings. The smallest absolute Gasteiger partial charge is 0.252 e. The Morgan fingerprint density at radius 3 is 2.60 bits per heavy atom. The van der Waals surface area contributed by atoms with Crippen LogP contribution in [0.2, 0.25) is 5.02 Å². The number of carbonyl (C=O) groups excluding carboxylic acids is 2. The highest BCUT2D eigenvalue weighted by Crippen LogP contribution is 2.20.